The summed E-state index contributed by atoms with van der Waals surface area (Å²) < 4.78 is 6.30. The number of amides is 1. The van der Waals surface area contributed by atoms with Gasteiger partial charge in [-0.1, -0.05) is 15.9 Å². The molecule has 0 spiro atoms. The number of carbonyl (C=O) groups excluding carboxylic acids is 1. The van der Waals surface area contributed by atoms with Gasteiger partial charge in [-0.05, 0) is 25.1 Å². The highest BCUT2D eigenvalue weighted by molar-refractivity contribution is 9.10. The van der Waals surface area contributed by atoms with Gasteiger partial charge in [0.1, 0.15) is 11.6 Å². The van der Waals surface area contributed by atoms with Crippen LogP contribution in [0.3, 0.4) is 0 Å². The van der Waals surface area contributed by atoms with Crippen molar-refractivity contribution in [2.75, 3.05) is 17.2 Å². The van der Waals surface area contributed by atoms with Crippen LogP contribution in [0.2, 0.25) is 0 Å². The molecule has 21 heavy (non-hydrogen) atoms. The quantitative estimate of drug-likeness (QED) is 0.898. The molecule has 1 aliphatic rings. The van der Waals surface area contributed by atoms with Crippen molar-refractivity contribution in [3.8, 4) is 5.75 Å². The van der Waals surface area contributed by atoms with Crippen molar-refractivity contribution < 1.29 is 9.53 Å². The number of nitrogens with two attached hydrogens (primary N) is 1. The Bertz CT molecular complexity index is 700. The zero-order chi connectivity index (χ0) is 15.0. The maximum Gasteiger partial charge on any atom is 0.265 e. The molecule has 108 valence electrons. The molecule has 2 aromatic rings. The van der Waals surface area contributed by atoms with Crippen molar-refractivity contribution in [3.05, 3.63) is 40.3 Å². The van der Waals surface area contributed by atoms with E-state index in [1.807, 2.05) is 25.1 Å². The number of rotatable bonds is 2. The van der Waals surface area contributed by atoms with Gasteiger partial charge in [0.05, 0.1) is 12.2 Å². The maximum atomic E-state index is 12.1. The Morgan fingerprint density at radius 1 is 1.38 bits per heavy atom. The van der Waals surface area contributed by atoms with E-state index in [2.05, 4.69) is 25.9 Å². The fraction of sp³-hybridized carbons (Fsp3) is 0.214. The Hall–Kier alpha value is -2.15. The van der Waals surface area contributed by atoms with Crippen LogP contribution in [0.4, 0.5) is 11.5 Å². The van der Waals surface area contributed by atoms with E-state index in [4.69, 9.17) is 10.5 Å². The third kappa shape index (κ3) is 2.82. The molecule has 6 nitrogen and oxygen atoms in total. The molecule has 0 aliphatic carbocycles. The van der Waals surface area contributed by atoms with E-state index < -0.39 is 0 Å². The molecule has 0 unspecified atom stereocenters. The average molecular weight is 349 g/mol. The van der Waals surface area contributed by atoms with E-state index in [-0.39, 0.29) is 19.1 Å². The first-order valence-electron chi connectivity index (χ1n) is 6.35. The molecule has 2 heterocycles. The number of halogens is 1. The van der Waals surface area contributed by atoms with Gasteiger partial charge in [-0.15, -0.1) is 0 Å². The van der Waals surface area contributed by atoms with Crippen molar-refractivity contribution >= 4 is 33.3 Å². The minimum absolute atomic E-state index is 0.00985. The van der Waals surface area contributed by atoms with Crippen molar-refractivity contribution in [3.63, 3.8) is 0 Å². The van der Waals surface area contributed by atoms with Crippen LogP contribution in [0.25, 0.3) is 0 Å². The highest BCUT2D eigenvalue weighted by atomic mass is 79.9. The van der Waals surface area contributed by atoms with Gasteiger partial charge in [-0.2, -0.15) is 0 Å². The van der Waals surface area contributed by atoms with Crippen LogP contribution < -0.4 is 15.4 Å². The third-order valence-corrected chi connectivity index (χ3v) is 3.58. The average Bonchev–Trinajstić information content (AvgIpc) is 2.41. The fourth-order valence-electron chi connectivity index (χ4n) is 2.22. The van der Waals surface area contributed by atoms with Crippen LogP contribution in [0.1, 0.15) is 11.5 Å². The van der Waals surface area contributed by atoms with Gasteiger partial charge >= 0.3 is 0 Å². The number of aromatic nitrogens is 2. The first-order chi connectivity index (χ1) is 10.0. The number of fused-ring (bicyclic) bond motifs is 1. The molecule has 1 aromatic carbocycles. The second-order valence-corrected chi connectivity index (χ2v) is 5.65. The molecule has 0 radical (unpaired) electrons. The highest BCUT2D eigenvalue weighted by Gasteiger charge is 2.26. The smallest absolute Gasteiger partial charge is 0.265 e. The van der Waals surface area contributed by atoms with Crippen LogP contribution in [-0.2, 0) is 11.3 Å². The number of nitrogens with zero attached hydrogens (tertiary/aromatic N) is 3. The largest absolute Gasteiger partial charge is 0.482 e. The van der Waals surface area contributed by atoms with E-state index >= 15 is 0 Å². The van der Waals surface area contributed by atoms with Crippen molar-refractivity contribution in [2.24, 2.45) is 0 Å². The van der Waals surface area contributed by atoms with E-state index in [0.717, 1.165) is 10.2 Å². The molecule has 0 fully saturated rings. The van der Waals surface area contributed by atoms with Crippen molar-refractivity contribution in [1.29, 1.82) is 0 Å². The lowest BCUT2D eigenvalue weighted by Crippen LogP contribution is -2.38. The summed E-state index contributed by atoms with van der Waals surface area (Å²) in [4.78, 5) is 22.2. The Kier molecular flexibility index (Phi) is 3.50. The lowest BCUT2D eigenvalue weighted by atomic mass is 10.2. The van der Waals surface area contributed by atoms with Crippen molar-refractivity contribution in [2.45, 2.75) is 13.5 Å². The van der Waals surface area contributed by atoms with E-state index in [1.165, 1.54) is 0 Å². The first kappa shape index (κ1) is 13.8. The lowest BCUT2D eigenvalue weighted by molar-refractivity contribution is -0.121. The summed E-state index contributed by atoms with van der Waals surface area (Å²) in [6, 6.07) is 7.22. The van der Waals surface area contributed by atoms with Gasteiger partial charge in [0.25, 0.3) is 5.91 Å². The third-order valence-electron chi connectivity index (χ3n) is 3.08. The van der Waals surface area contributed by atoms with Gasteiger partial charge in [0.2, 0.25) is 0 Å². The van der Waals surface area contributed by atoms with Crippen LogP contribution in [0.15, 0.2) is 28.7 Å². The van der Waals surface area contributed by atoms with Crippen LogP contribution in [-0.4, -0.2) is 22.5 Å². The number of carbonyl (C=O) groups is 1. The first-order valence-corrected chi connectivity index (χ1v) is 7.15. The number of anilines is 2. The molecule has 0 atom stereocenters. The molecule has 0 saturated heterocycles. The normalized spacial score (nSPS) is 13.8. The number of ether oxygens (including phenoxy) is 1. The summed E-state index contributed by atoms with van der Waals surface area (Å²) in [6.45, 7) is 2.11. The molecule has 7 heteroatoms. The molecule has 1 amide bonds. The SMILES string of the molecule is Cc1cc(N)nc(CN2C(=O)COc3ccc(Br)cc32)n1. The van der Waals surface area contributed by atoms with E-state index in [9.17, 15) is 4.79 Å². The van der Waals surface area contributed by atoms with Crippen molar-refractivity contribution in [1.82, 2.24) is 9.97 Å². The molecule has 2 N–H and O–H groups in total. The molecule has 1 aromatic heterocycles. The van der Waals surface area contributed by atoms with Gasteiger partial charge in [0.15, 0.2) is 12.4 Å². The number of nitrogen functional groups attached to an aromatic ring is 1. The van der Waals surface area contributed by atoms with Crippen LogP contribution in [0, 0.1) is 6.92 Å². The van der Waals surface area contributed by atoms with Gasteiger partial charge in [0, 0.05) is 16.2 Å². The molecular formula is C14H13BrN4O2. The molecular weight excluding hydrogens is 336 g/mol. The minimum atomic E-state index is -0.135. The maximum absolute atomic E-state index is 12.1. The van der Waals surface area contributed by atoms with Gasteiger partial charge in [-0.3, -0.25) is 9.69 Å². The number of hydrogen-bond acceptors (Lipinski definition) is 5. The Morgan fingerprint density at radius 2 is 2.19 bits per heavy atom. The van der Waals surface area contributed by atoms with E-state index in [1.54, 1.807) is 11.0 Å². The standard InChI is InChI=1S/C14H13BrN4O2/c1-8-4-12(16)18-13(17-8)6-19-10-5-9(15)2-3-11(10)21-7-14(19)20/h2-5H,6-7H2,1H3,(H2,16,17,18). The predicted octanol–water partition coefficient (Wildman–Crippen LogP) is 2.06. The van der Waals surface area contributed by atoms with Gasteiger partial charge in [-0.25, -0.2) is 9.97 Å². The Labute approximate surface area is 130 Å². The summed E-state index contributed by atoms with van der Waals surface area (Å²) in [7, 11) is 0. The molecule has 0 bridgehead atoms. The van der Waals surface area contributed by atoms with Gasteiger partial charge < -0.3 is 10.5 Å². The predicted molar refractivity (Wildman–Crippen MR) is 82.0 cm³/mol. The zero-order valence-corrected chi connectivity index (χ0v) is 12.9. The summed E-state index contributed by atoms with van der Waals surface area (Å²) in [6.07, 6.45) is 0. The van der Waals surface area contributed by atoms with Crippen LogP contribution >= 0.6 is 15.9 Å². The zero-order valence-electron chi connectivity index (χ0n) is 11.3. The monoisotopic (exact) mass is 348 g/mol. The molecule has 3 rings (SSSR count). The Balaban J connectivity index is 1.98. The summed E-state index contributed by atoms with van der Waals surface area (Å²) in [5.74, 6) is 1.43. The number of benzene rings is 1. The number of hydrogen-bond donors (Lipinski definition) is 1. The summed E-state index contributed by atoms with van der Waals surface area (Å²) >= 11 is 3.40. The summed E-state index contributed by atoms with van der Waals surface area (Å²) in [5.41, 5.74) is 7.20. The second kappa shape index (κ2) is 5.33. The lowest BCUT2D eigenvalue weighted by Gasteiger charge is -2.29. The molecule has 0 saturated carbocycles. The second-order valence-electron chi connectivity index (χ2n) is 4.73. The van der Waals surface area contributed by atoms with E-state index in [0.29, 0.717) is 23.1 Å². The molecule has 1 aliphatic heterocycles. The number of aryl methyl sites for hydroxylation is 1. The Morgan fingerprint density at radius 3 is 2.95 bits per heavy atom. The minimum Gasteiger partial charge on any atom is -0.482 e. The summed E-state index contributed by atoms with van der Waals surface area (Å²) in [5, 5.41) is 0. The topological polar surface area (TPSA) is 81.3 Å². The fourth-order valence-corrected chi connectivity index (χ4v) is 2.57. The van der Waals surface area contributed by atoms with Crippen LogP contribution in [0.5, 0.6) is 5.75 Å². The highest BCUT2D eigenvalue weighted by Crippen LogP contribution is 2.35.